The third-order valence-corrected chi connectivity index (χ3v) is 10.5. The molecule has 5 rings (SSSR count). The molecular weight excluding hydrogens is 540 g/mol. The Morgan fingerprint density at radius 1 is 0.825 bits per heavy atom. The molecule has 0 amide bonds. The van der Waals surface area contributed by atoms with E-state index in [1.807, 2.05) is 92.0 Å². The highest BCUT2D eigenvalue weighted by molar-refractivity contribution is 8.17. The van der Waals surface area contributed by atoms with Gasteiger partial charge in [0.05, 0.1) is 17.3 Å². The van der Waals surface area contributed by atoms with Gasteiger partial charge in [-0.3, -0.25) is 0 Å². The molecule has 0 aliphatic carbocycles. The molecule has 1 N–H and O–H groups in total. The van der Waals surface area contributed by atoms with Gasteiger partial charge in [0.1, 0.15) is 23.9 Å². The molecule has 0 saturated carbocycles. The van der Waals surface area contributed by atoms with Gasteiger partial charge in [0.2, 0.25) is 0 Å². The SMILES string of the molecule is CO[C@H](CC1SCCCS1)[C@H]1OC(C)(C)O[C@@H]1[C@H](O)COC(c1ccccc1)(c1ccccc1)c1ccccc1. The molecule has 0 bridgehead atoms. The van der Waals surface area contributed by atoms with E-state index < -0.39 is 29.7 Å². The van der Waals surface area contributed by atoms with E-state index in [9.17, 15) is 5.11 Å². The Balaban J connectivity index is 1.44. The fourth-order valence-corrected chi connectivity index (χ4v) is 8.65. The highest BCUT2D eigenvalue weighted by atomic mass is 32.2. The summed E-state index contributed by atoms with van der Waals surface area (Å²) >= 11 is 3.96. The lowest BCUT2D eigenvalue weighted by Gasteiger charge is -2.37. The van der Waals surface area contributed by atoms with Gasteiger partial charge in [-0.15, -0.1) is 23.5 Å². The van der Waals surface area contributed by atoms with Gasteiger partial charge < -0.3 is 24.1 Å². The number of methoxy groups -OCH3 is 1. The number of benzene rings is 3. The van der Waals surface area contributed by atoms with E-state index in [1.165, 1.54) is 17.9 Å². The number of thioether (sulfide) groups is 2. The summed E-state index contributed by atoms with van der Waals surface area (Å²) in [6.45, 7) is 3.84. The third kappa shape index (κ3) is 6.62. The zero-order chi connectivity index (χ0) is 28.0. The summed E-state index contributed by atoms with van der Waals surface area (Å²) in [7, 11) is 1.72. The van der Waals surface area contributed by atoms with Crippen LogP contribution in [0, 0.1) is 0 Å². The Morgan fingerprint density at radius 3 is 1.77 bits per heavy atom. The van der Waals surface area contributed by atoms with Crippen molar-refractivity contribution in [2.75, 3.05) is 25.2 Å². The maximum atomic E-state index is 11.7. The molecule has 5 nitrogen and oxygen atoms in total. The largest absolute Gasteiger partial charge is 0.388 e. The fraction of sp³-hybridized carbons (Fsp3) is 0.455. The van der Waals surface area contributed by atoms with E-state index in [1.54, 1.807) is 7.11 Å². The molecule has 2 fully saturated rings. The normalized spacial score (nSPS) is 23.1. The van der Waals surface area contributed by atoms with E-state index in [2.05, 4.69) is 36.4 Å². The first-order valence-electron chi connectivity index (χ1n) is 14.0. The van der Waals surface area contributed by atoms with Crippen molar-refractivity contribution in [3.8, 4) is 0 Å². The summed E-state index contributed by atoms with van der Waals surface area (Å²) in [4.78, 5) is 0. The molecule has 0 radical (unpaired) electrons. The smallest absolute Gasteiger partial charge is 0.164 e. The van der Waals surface area contributed by atoms with E-state index >= 15 is 0 Å². The molecule has 2 aliphatic rings. The molecule has 2 heterocycles. The summed E-state index contributed by atoms with van der Waals surface area (Å²) in [5, 5.41) is 11.7. The molecule has 7 heteroatoms. The first-order valence-corrected chi connectivity index (χ1v) is 16.1. The standard InChI is InChI=1S/C33H40O5S2/c1-32(2)37-30(31(38-32)28(35-3)22-29-39-20-13-21-40-29)27(34)23-36-33(24-14-7-4-8-15-24,25-16-9-5-10-17-25)26-18-11-6-12-19-26/h4-12,14-19,27-31,34H,13,20-23H2,1-3H3/t27-,28-,30-,31-/m1/s1. The Kier molecular flexibility index (Phi) is 9.95. The quantitative estimate of drug-likeness (QED) is 0.261. The molecule has 0 aromatic heterocycles. The van der Waals surface area contributed by atoms with Crippen LogP contribution < -0.4 is 0 Å². The maximum Gasteiger partial charge on any atom is 0.164 e. The van der Waals surface area contributed by atoms with Crippen molar-refractivity contribution < 1.29 is 24.1 Å². The first-order chi connectivity index (χ1) is 19.4. The Labute approximate surface area is 247 Å². The van der Waals surface area contributed by atoms with E-state index in [4.69, 9.17) is 18.9 Å². The van der Waals surface area contributed by atoms with Gasteiger partial charge in [-0.25, -0.2) is 0 Å². The topological polar surface area (TPSA) is 57.2 Å². The minimum absolute atomic E-state index is 0.0443. The number of hydrogen-bond acceptors (Lipinski definition) is 7. The van der Waals surface area contributed by atoms with Crippen LogP contribution in [-0.4, -0.2) is 65.1 Å². The maximum absolute atomic E-state index is 11.7. The summed E-state index contributed by atoms with van der Waals surface area (Å²) in [6, 6.07) is 30.6. The van der Waals surface area contributed by atoms with Crippen molar-refractivity contribution in [2.24, 2.45) is 0 Å². The van der Waals surface area contributed by atoms with Crippen LogP contribution in [0.5, 0.6) is 0 Å². The first kappa shape index (κ1) is 29.6. The Hall–Kier alpha value is -1.84. The molecule has 0 unspecified atom stereocenters. The molecule has 3 aromatic rings. The Morgan fingerprint density at radius 2 is 1.30 bits per heavy atom. The number of hydrogen-bond donors (Lipinski definition) is 1. The molecule has 4 atom stereocenters. The third-order valence-electron chi connectivity index (χ3n) is 7.54. The van der Waals surface area contributed by atoms with Crippen molar-refractivity contribution in [3.63, 3.8) is 0 Å². The minimum atomic E-state index is -0.938. The van der Waals surface area contributed by atoms with Crippen molar-refractivity contribution in [1.29, 1.82) is 0 Å². The van der Waals surface area contributed by atoms with Crippen LogP contribution in [0.2, 0.25) is 0 Å². The predicted octanol–water partition coefficient (Wildman–Crippen LogP) is 6.48. The molecule has 3 aromatic carbocycles. The van der Waals surface area contributed by atoms with Crippen LogP contribution in [-0.2, 0) is 24.5 Å². The lowest BCUT2D eigenvalue weighted by molar-refractivity contribution is -0.166. The average molecular weight is 581 g/mol. The van der Waals surface area contributed by atoms with Crippen LogP contribution in [0.4, 0.5) is 0 Å². The predicted molar refractivity (Wildman–Crippen MR) is 164 cm³/mol. The van der Waals surface area contributed by atoms with Crippen molar-refractivity contribution in [3.05, 3.63) is 108 Å². The lowest BCUT2D eigenvalue weighted by Crippen LogP contribution is -2.47. The van der Waals surface area contributed by atoms with Crippen LogP contribution in [0.15, 0.2) is 91.0 Å². The van der Waals surface area contributed by atoms with Crippen molar-refractivity contribution >= 4 is 23.5 Å². The van der Waals surface area contributed by atoms with Crippen LogP contribution >= 0.6 is 23.5 Å². The van der Waals surface area contributed by atoms with Crippen LogP contribution in [0.3, 0.4) is 0 Å². The second-order valence-corrected chi connectivity index (χ2v) is 13.7. The number of aliphatic hydroxyl groups excluding tert-OH is 1. The zero-order valence-corrected chi connectivity index (χ0v) is 25.1. The molecule has 0 spiro atoms. The number of rotatable bonds is 11. The molecule has 2 aliphatic heterocycles. The highest BCUT2D eigenvalue weighted by Crippen LogP contribution is 2.42. The monoisotopic (exact) mass is 580 g/mol. The van der Waals surface area contributed by atoms with Crippen molar-refractivity contribution in [1.82, 2.24) is 0 Å². The zero-order valence-electron chi connectivity index (χ0n) is 23.5. The molecular formula is C33H40O5S2. The lowest BCUT2D eigenvalue weighted by atomic mass is 9.80. The fourth-order valence-electron chi connectivity index (χ4n) is 5.70. The number of aliphatic hydroxyl groups is 1. The van der Waals surface area contributed by atoms with Crippen LogP contribution in [0.1, 0.15) is 43.4 Å². The second-order valence-electron chi connectivity index (χ2n) is 10.8. The summed E-state index contributed by atoms with van der Waals surface area (Å²) in [5.74, 6) is 1.50. The van der Waals surface area contributed by atoms with Gasteiger partial charge in [-0.2, -0.15) is 0 Å². The van der Waals surface area contributed by atoms with E-state index in [0.717, 1.165) is 23.1 Å². The minimum Gasteiger partial charge on any atom is -0.388 e. The van der Waals surface area contributed by atoms with Crippen LogP contribution in [0.25, 0.3) is 0 Å². The van der Waals surface area contributed by atoms with Crippen molar-refractivity contribution in [2.45, 2.75) is 67.1 Å². The summed E-state index contributed by atoms with van der Waals surface area (Å²) < 4.78 is 26.0. The Bertz CT molecular complexity index is 1070. The molecule has 214 valence electrons. The van der Waals surface area contributed by atoms with E-state index in [-0.39, 0.29) is 12.7 Å². The van der Waals surface area contributed by atoms with Gasteiger partial charge >= 0.3 is 0 Å². The van der Waals surface area contributed by atoms with Gasteiger partial charge in [0, 0.05) is 7.11 Å². The highest BCUT2D eigenvalue weighted by Gasteiger charge is 2.50. The summed E-state index contributed by atoms with van der Waals surface area (Å²) in [6.07, 6.45) is -0.0789. The number of ether oxygens (including phenoxy) is 4. The van der Waals surface area contributed by atoms with Gasteiger partial charge in [0.15, 0.2) is 5.79 Å². The van der Waals surface area contributed by atoms with E-state index in [0.29, 0.717) is 4.58 Å². The average Bonchev–Trinajstić information content (AvgIpc) is 3.33. The van der Waals surface area contributed by atoms with Gasteiger partial charge in [0.25, 0.3) is 0 Å². The second kappa shape index (κ2) is 13.4. The van der Waals surface area contributed by atoms with Gasteiger partial charge in [-0.05, 0) is 54.9 Å². The molecule has 2 saturated heterocycles. The summed E-state index contributed by atoms with van der Waals surface area (Å²) in [5.41, 5.74) is 2.04. The van der Waals surface area contributed by atoms with Gasteiger partial charge in [-0.1, -0.05) is 91.0 Å². The molecule has 40 heavy (non-hydrogen) atoms.